The van der Waals surface area contributed by atoms with Crippen molar-refractivity contribution in [2.45, 2.75) is 31.7 Å². The van der Waals surface area contributed by atoms with Crippen LogP contribution >= 0.6 is 11.6 Å². The van der Waals surface area contributed by atoms with Crippen molar-refractivity contribution in [1.82, 2.24) is 0 Å². The number of benzene rings is 1. The number of nitro benzene ring substituents is 1. The van der Waals surface area contributed by atoms with Crippen molar-refractivity contribution in [3.05, 3.63) is 32.8 Å². The van der Waals surface area contributed by atoms with Crippen molar-refractivity contribution in [1.29, 1.82) is 0 Å². The number of halogens is 1. The lowest BCUT2D eigenvalue weighted by Gasteiger charge is -2.28. The summed E-state index contributed by atoms with van der Waals surface area (Å²) in [5, 5.41) is 20.2. The summed E-state index contributed by atoms with van der Waals surface area (Å²) in [6.07, 6.45) is 4.15. The molecular formula is C13H15ClN2O4. The van der Waals surface area contributed by atoms with E-state index in [1.54, 1.807) is 7.05 Å². The number of non-ortho nitro benzene ring substituents is 1. The molecule has 1 saturated carbocycles. The molecule has 1 aromatic rings. The van der Waals surface area contributed by atoms with Crippen LogP contribution in [0.1, 0.15) is 36.0 Å². The second-order valence-corrected chi connectivity index (χ2v) is 5.34. The molecule has 0 unspecified atom stereocenters. The Balaban J connectivity index is 2.50. The zero-order valence-corrected chi connectivity index (χ0v) is 11.8. The summed E-state index contributed by atoms with van der Waals surface area (Å²) in [6.45, 7) is 0. The molecule has 1 fully saturated rings. The Kier molecular flexibility index (Phi) is 4.13. The van der Waals surface area contributed by atoms with Gasteiger partial charge < -0.3 is 10.0 Å². The van der Waals surface area contributed by atoms with Gasteiger partial charge in [0.05, 0.1) is 21.2 Å². The molecule has 0 heterocycles. The van der Waals surface area contributed by atoms with Crippen molar-refractivity contribution in [3.63, 3.8) is 0 Å². The van der Waals surface area contributed by atoms with E-state index in [4.69, 9.17) is 11.6 Å². The number of carbonyl (C=O) groups is 1. The van der Waals surface area contributed by atoms with Gasteiger partial charge in [-0.25, -0.2) is 4.79 Å². The van der Waals surface area contributed by atoms with Gasteiger partial charge in [0.2, 0.25) is 0 Å². The van der Waals surface area contributed by atoms with E-state index in [1.807, 2.05) is 4.90 Å². The van der Waals surface area contributed by atoms with Crippen LogP contribution < -0.4 is 4.90 Å². The van der Waals surface area contributed by atoms with E-state index in [0.29, 0.717) is 5.69 Å². The van der Waals surface area contributed by atoms with Crippen LogP contribution in [0.25, 0.3) is 0 Å². The third-order valence-electron chi connectivity index (χ3n) is 3.71. The third kappa shape index (κ3) is 2.70. The van der Waals surface area contributed by atoms with Crippen LogP contribution in [0.4, 0.5) is 11.4 Å². The lowest BCUT2D eigenvalue weighted by molar-refractivity contribution is -0.384. The van der Waals surface area contributed by atoms with Gasteiger partial charge in [-0.2, -0.15) is 0 Å². The number of aromatic carboxylic acids is 1. The third-order valence-corrected chi connectivity index (χ3v) is 4.00. The number of nitrogens with zero attached hydrogens (tertiary/aromatic N) is 2. The Hall–Kier alpha value is -1.82. The Labute approximate surface area is 121 Å². The number of rotatable bonds is 4. The van der Waals surface area contributed by atoms with Crippen LogP contribution in [0, 0.1) is 10.1 Å². The second-order valence-electron chi connectivity index (χ2n) is 4.94. The summed E-state index contributed by atoms with van der Waals surface area (Å²) < 4.78 is 0. The lowest BCUT2D eigenvalue weighted by Crippen LogP contribution is -2.30. The van der Waals surface area contributed by atoms with E-state index >= 15 is 0 Å². The van der Waals surface area contributed by atoms with Gasteiger partial charge in [0, 0.05) is 25.2 Å². The summed E-state index contributed by atoms with van der Waals surface area (Å²) >= 11 is 6.09. The first-order valence-electron chi connectivity index (χ1n) is 6.36. The first-order valence-corrected chi connectivity index (χ1v) is 6.73. The van der Waals surface area contributed by atoms with Gasteiger partial charge >= 0.3 is 5.97 Å². The van der Waals surface area contributed by atoms with E-state index in [2.05, 4.69) is 0 Å². The predicted octanol–water partition coefficient (Wildman–Crippen LogP) is 3.33. The van der Waals surface area contributed by atoms with E-state index in [1.165, 1.54) is 6.07 Å². The Morgan fingerprint density at radius 2 is 2.05 bits per heavy atom. The molecule has 1 aliphatic rings. The predicted molar refractivity (Wildman–Crippen MR) is 75.7 cm³/mol. The molecule has 0 spiro atoms. The fourth-order valence-electron chi connectivity index (χ4n) is 2.69. The van der Waals surface area contributed by atoms with Gasteiger partial charge in [-0.1, -0.05) is 24.4 Å². The monoisotopic (exact) mass is 298 g/mol. The van der Waals surface area contributed by atoms with Crippen LogP contribution in [-0.2, 0) is 0 Å². The molecule has 7 heteroatoms. The molecule has 1 aromatic carbocycles. The molecule has 0 atom stereocenters. The van der Waals surface area contributed by atoms with Gasteiger partial charge in [-0.3, -0.25) is 10.1 Å². The number of carboxylic acids is 1. The number of hydrogen-bond acceptors (Lipinski definition) is 4. The summed E-state index contributed by atoms with van der Waals surface area (Å²) in [6, 6.07) is 2.50. The second kappa shape index (κ2) is 5.66. The van der Waals surface area contributed by atoms with Crippen LogP contribution in [0.5, 0.6) is 0 Å². The minimum Gasteiger partial charge on any atom is -0.478 e. The van der Waals surface area contributed by atoms with Crippen LogP contribution in [0.2, 0.25) is 5.02 Å². The smallest absolute Gasteiger partial charge is 0.338 e. The molecule has 108 valence electrons. The number of hydrogen-bond donors (Lipinski definition) is 1. The summed E-state index contributed by atoms with van der Waals surface area (Å²) in [5.41, 5.74) is -0.0776. The quantitative estimate of drug-likeness (QED) is 0.681. The van der Waals surface area contributed by atoms with E-state index in [-0.39, 0.29) is 22.3 Å². The normalized spacial score (nSPS) is 15.3. The van der Waals surface area contributed by atoms with Gasteiger partial charge in [0.25, 0.3) is 5.69 Å². The molecule has 2 rings (SSSR count). The minimum absolute atomic E-state index is 0.103. The zero-order valence-electron chi connectivity index (χ0n) is 11.0. The van der Waals surface area contributed by atoms with Gasteiger partial charge in [0.15, 0.2) is 0 Å². The molecule has 0 bridgehead atoms. The average Bonchev–Trinajstić information content (AvgIpc) is 2.90. The van der Waals surface area contributed by atoms with E-state index < -0.39 is 10.9 Å². The molecule has 20 heavy (non-hydrogen) atoms. The Morgan fingerprint density at radius 1 is 1.45 bits per heavy atom. The first-order chi connectivity index (χ1) is 9.41. The lowest BCUT2D eigenvalue weighted by atomic mass is 10.1. The standard InChI is InChI=1S/C13H15ClN2O4/c1-15(8-4-2-3-5-8)12-10(13(17)18)6-9(16(19)20)7-11(12)14/h6-8H,2-5H2,1H3,(H,17,18). The molecule has 0 aliphatic heterocycles. The highest BCUT2D eigenvalue weighted by Gasteiger charge is 2.27. The first kappa shape index (κ1) is 14.6. The molecule has 0 aromatic heterocycles. The highest BCUT2D eigenvalue weighted by atomic mass is 35.5. The topological polar surface area (TPSA) is 83.7 Å². The molecule has 0 radical (unpaired) electrons. The maximum atomic E-state index is 11.4. The van der Waals surface area contributed by atoms with Gasteiger partial charge in [0.1, 0.15) is 0 Å². The highest BCUT2D eigenvalue weighted by Crippen LogP contribution is 2.37. The van der Waals surface area contributed by atoms with Crippen LogP contribution in [-0.4, -0.2) is 29.1 Å². The average molecular weight is 299 g/mol. The maximum Gasteiger partial charge on any atom is 0.338 e. The minimum atomic E-state index is -1.21. The van der Waals surface area contributed by atoms with Crippen molar-refractivity contribution in [3.8, 4) is 0 Å². The number of nitro groups is 1. The van der Waals surface area contributed by atoms with Crippen LogP contribution in [0.3, 0.4) is 0 Å². The highest BCUT2D eigenvalue weighted by molar-refractivity contribution is 6.34. The fourth-order valence-corrected chi connectivity index (χ4v) is 3.03. The van der Waals surface area contributed by atoms with Crippen molar-refractivity contribution in [2.24, 2.45) is 0 Å². The molecular weight excluding hydrogens is 284 g/mol. The maximum absolute atomic E-state index is 11.4. The van der Waals surface area contributed by atoms with Gasteiger partial charge in [-0.15, -0.1) is 0 Å². The molecule has 0 saturated heterocycles. The molecule has 1 N–H and O–H groups in total. The van der Waals surface area contributed by atoms with Crippen molar-refractivity contribution < 1.29 is 14.8 Å². The van der Waals surface area contributed by atoms with E-state index in [0.717, 1.165) is 31.7 Å². The van der Waals surface area contributed by atoms with Crippen molar-refractivity contribution in [2.75, 3.05) is 11.9 Å². The zero-order chi connectivity index (χ0) is 14.9. The summed E-state index contributed by atoms with van der Waals surface area (Å²) in [5.74, 6) is -1.21. The Bertz CT molecular complexity index is 556. The summed E-state index contributed by atoms with van der Waals surface area (Å²) in [7, 11) is 1.79. The molecule has 1 aliphatic carbocycles. The number of anilines is 1. The largest absolute Gasteiger partial charge is 0.478 e. The van der Waals surface area contributed by atoms with Crippen LogP contribution in [0.15, 0.2) is 12.1 Å². The van der Waals surface area contributed by atoms with E-state index in [9.17, 15) is 20.0 Å². The molecule has 0 amide bonds. The SMILES string of the molecule is CN(c1c(Cl)cc([N+](=O)[O-])cc1C(=O)O)C1CCCC1. The van der Waals surface area contributed by atoms with Crippen molar-refractivity contribution >= 4 is 28.9 Å². The van der Waals surface area contributed by atoms with Gasteiger partial charge in [-0.05, 0) is 12.8 Å². The molecule has 6 nitrogen and oxygen atoms in total. The Morgan fingerprint density at radius 3 is 2.55 bits per heavy atom. The number of carboxylic acid groups (broad SMARTS) is 1. The fraction of sp³-hybridized carbons (Fsp3) is 0.462. The summed E-state index contributed by atoms with van der Waals surface area (Å²) in [4.78, 5) is 23.4.